The van der Waals surface area contributed by atoms with Crippen LogP contribution >= 0.6 is 0 Å². The van der Waals surface area contributed by atoms with Crippen molar-refractivity contribution in [3.8, 4) is 11.3 Å². The van der Waals surface area contributed by atoms with Crippen molar-refractivity contribution in [3.05, 3.63) is 42.2 Å². The molecule has 19 heavy (non-hydrogen) atoms. The van der Waals surface area contributed by atoms with Crippen molar-refractivity contribution in [2.75, 3.05) is 6.54 Å². The minimum absolute atomic E-state index is 0.267. The van der Waals surface area contributed by atoms with Crippen molar-refractivity contribution in [1.82, 2.24) is 10.3 Å². The van der Waals surface area contributed by atoms with Crippen LogP contribution in [0.15, 0.2) is 34.9 Å². The highest BCUT2D eigenvalue weighted by Gasteiger charge is 2.07. The lowest BCUT2D eigenvalue weighted by Gasteiger charge is -2.05. The third-order valence-corrected chi connectivity index (χ3v) is 2.78. The fourth-order valence-corrected chi connectivity index (χ4v) is 1.83. The van der Waals surface area contributed by atoms with Gasteiger partial charge in [-0.25, -0.2) is 9.37 Å². The average molecular weight is 262 g/mol. The van der Waals surface area contributed by atoms with Gasteiger partial charge in [0, 0.05) is 18.0 Å². The second-order valence-corrected chi connectivity index (χ2v) is 4.84. The highest BCUT2D eigenvalue weighted by Crippen LogP contribution is 2.21. The molecule has 4 heteroatoms. The van der Waals surface area contributed by atoms with E-state index in [1.165, 1.54) is 12.1 Å². The van der Waals surface area contributed by atoms with E-state index < -0.39 is 0 Å². The van der Waals surface area contributed by atoms with Crippen molar-refractivity contribution in [3.63, 3.8) is 0 Å². The molecule has 0 saturated heterocycles. The van der Waals surface area contributed by atoms with Crippen LogP contribution in [0.1, 0.15) is 26.2 Å². The molecule has 0 radical (unpaired) electrons. The van der Waals surface area contributed by atoms with Crippen molar-refractivity contribution in [2.45, 2.75) is 32.7 Å². The molecular formula is C15H19FN2O. The molecule has 0 amide bonds. The molecule has 0 aliphatic rings. The van der Waals surface area contributed by atoms with Crippen LogP contribution in [0.2, 0.25) is 0 Å². The summed E-state index contributed by atoms with van der Waals surface area (Å²) in [5, 5.41) is 3.34. The van der Waals surface area contributed by atoms with E-state index in [1.807, 2.05) is 6.07 Å². The molecule has 102 valence electrons. The molecular weight excluding hydrogens is 243 g/mol. The van der Waals surface area contributed by atoms with E-state index in [0.29, 0.717) is 17.7 Å². The van der Waals surface area contributed by atoms with Crippen LogP contribution < -0.4 is 5.32 Å². The third kappa shape index (κ3) is 4.17. The largest absolute Gasteiger partial charge is 0.441 e. The number of rotatable bonds is 6. The number of nitrogens with one attached hydrogen (secondary N) is 1. The highest BCUT2D eigenvalue weighted by molar-refractivity contribution is 5.56. The van der Waals surface area contributed by atoms with E-state index >= 15 is 0 Å². The second-order valence-electron chi connectivity index (χ2n) is 4.84. The Morgan fingerprint density at radius 2 is 2.21 bits per heavy atom. The predicted molar refractivity (Wildman–Crippen MR) is 73.4 cm³/mol. The number of nitrogens with zero attached hydrogens (tertiary/aromatic N) is 1. The number of hydrogen-bond acceptors (Lipinski definition) is 3. The van der Waals surface area contributed by atoms with Gasteiger partial charge in [0.2, 0.25) is 0 Å². The second kappa shape index (κ2) is 6.48. The van der Waals surface area contributed by atoms with Crippen molar-refractivity contribution >= 4 is 0 Å². The molecule has 0 unspecified atom stereocenters. The summed E-state index contributed by atoms with van der Waals surface area (Å²) in [5.41, 5.74) is 0.721. The maximum atomic E-state index is 13.1. The van der Waals surface area contributed by atoms with Crippen molar-refractivity contribution in [1.29, 1.82) is 0 Å². The van der Waals surface area contributed by atoms with Gasteiger partial charge in [0.15, 0.2) is 11.7 Å². The molecule has 0 aliphatic carbocycles. The molecule has 0 aliphatic heterocycles. The smallest absolute Gasteiger partial charge is 0.194 e. The monoisotopic (exact) mass is 262 g/mol. The van der Waals surface area contributed by atoms with Gasteiger partial charge in [-0.1, -0.05) is 26.0 Å². The minimum atomic E-state index is -0.267. The summed E-state index contributed by atoms with van der Waals surface area (Å²) in [5.74, 6) is 1.05. The number of hydrogen-bond donors (Lipinski definition) is 1. The SMILES string of the molecule is CC(C)NCCCc1ncc(-c2cccc(F)c2)o1. The van der Waals surface area contributed by atoms with Crippen molar-refractivity contribution < 1.29 is 8.81 Å². The van der Waals surface area contributed by atoms with Gasteiger partial charge in [0.25, 0.3) is 0 Å². The first-order valence-corrected chi connectivity index (χ1v) is 6.59. The minimum Gasteiger partial charge on any atom is -0.441 e. The molecule has 1 N–H and O–H groups in total. The van der Waals surface area contributed by atoms with Gasteiger partial charge in [0.1, 0.15) is 5.82 Å². The van der Waals surface area contributed by atoms with E-state index in [1.54, 1.807) is 12.3 Å². The zero-order valence-corrected chi connectivity index (χ0v) is 11.3. The first-order valence-electron chi connectivity index (χ1n) is 6.59. The zero-order valence-electron chi connectivity index (χ0n) is 11.3. The van der Waals surface area contributed by atoms with Crippen LogP contribution in [0.4, 0.5) is 4.39 Å². The first-order chi connectivity index (χ1) is 9.15. The fourth-order valence-electron chi connectivity index (χ4n) is 1.83. The molecule has 2 rings (SSSR count). The molecule has 0 fully saturated rings. The van der Waals surface area contributed by atoms with Gasteiger partial charge >= 0.3 is 0 Å². The van der Waals surface area contributed by atoms with Crippen LogP contribution in [-0.2, 0) is 6.42 Å². The Morgan fingerprint density at radius 1 is 1.37 bits per heavy atom. The van der Waals surface area contributed by atoms with Crippen LogP contribution in [0.3, 0.4) is 0 Å². The normalized spacial score (nSPS) is 11.2. The lowest BCUT2D eigenvalue weighted by molar-refractivity contribution is 0.484. The Hall–Kier alpha value is -1.68. The quantitative estimate of drug-likeness (QED) is 0.811. The van der Waals surface area contributed by atoms with Gasteiger partial charge < -0.3 is 9.73 Å². The molecule has 0 saturated carbocycles. The molecule has 2 aromatic rings. The summed E-state index contributed by atoms with van der Waals surface area (Å²) in [6.45, 7) is 5.18. The molecule has 0 atom stereocenters. The lowest BCUT2D eigenvalue weighted by Crippen LogP contribution is -2.23. The molecule has 0 spiro atoms. The van der Waals surface area contributed by atoms with Crippen LogP contribution in [0.5, 0.6) is 0 Å². The number of benzene rings is 1. The maximum absolute atomic E-state index is 13.1. The number of halogens is 1. The third-order valence-electron chi connectivity index (χ3n) is 2.78. The Labute approximate surface area is 112 Å². The predicted octanol–water partition coefficient (Wildman–Crippen LogP) is 3.41. The number of aryl methyl sites for hydroxylation is 1. The maximum Gasteiger partial charge on any atom is 0.194 e. The topological polar surface area (TPSA) is 38.1 Å². The van der Waals surface area contributed by atoms with Crippen molar-refractivity contribution in [2.24, 2.45) is 0 Å². The average Bonchev–Trinajstić information content (AvgIpc) is 2.83. The van der Waals surface area contributed by atoms with E-state index in [-0.39, 0.29) is 5.82 Å². The van der Waals surface area contributed by atoms with Crippen LogP contribution in [0.25, 0.3) is 11.3 Å². The summed E-state index contributed by atoms with van der Waals surface area (Å²) >= 11 is 0. The van der Waals surface area contributed by atoms with Gasteiger partial charge in [-0.15, -0.1) is 0 Å². The molecule has 3 nitrogen and oxygen atoms in total. The molecule has 1 heterocycles. The van der Waals surface area contributed by atoms with E-state index in [0.717, 1.165) is 24.9 Å². The fraction of sp³-hybridized carbons (Fsp3) is 0.400. The van der Waals surface area contributed by atoms with Gasteiger partial charge in [-0.05, 0) is 25.1 Å². The zero-order chi connectivity index (χ0) is 13.7. The van der Waals surface area contributed by atoms with Crippen LogP contribution in [-0.4, -0.2) is 17.6 Å². The Morgan fingerprint density at radius 3 is 2.95 bits per heavy atom. The number of oxazole rings is 1. The molecule has 0 bridgehead atoms. The Bertz CT molecular complexity index is 522. The summed E-state index contributed by atoms with van der Waals surface area (Å²) in [7, 11) is 0. The lowest BCUT2D eigenvalue weighted by atomic mass is 10.2. The summed E-state index contributed by atoms with van der Waals surface area (Å²) in [6, 6.07) is 6.84. The van der Waals surface area contributed by atoms with Gasteiger partial charge in [-0.2, -0.15) is 0 Å². The molecule has 1 aromatic carbocycles. The highest BCUT2D eigenvalue weighted by atomic mass is 19.1. The van der Waals surface area contributed by atoms with E-state index in [9.17, 15) is 4.39 Å². The number of aromatic nitrogens is 1. The van der Waals surface area contributed by atoms with Gasteiger partial charge in [-0.3, -0.25) is 0 Å². The summed E-state index contributed by atoms with van der Waals surface area (Å²) in [4.78, 5) is 4.22. The standard InChI is InChI=1S/C15H19FN2O/c1-11(2)17-8-4-7-15-18-10-14(19-15)12-5-3-6-13(16)9-12/h3,5-6,9-11,17H,4,7-8H2,1-2H3. The van der Waals surface area contributed by atoms with Crippen LogP contribution in [0, 0.1) is 5.82 Å². The summed E-state index contributed by atoms with van der Waals surface area (Å²) in [6.07, 6.45) is 3.41. The van der Waals surface area contributed by atoms with E-state index in [2.05, 4.69) is 24.1 Å². The molecule has 1 aromatic heterocycles. The van der Waals surface area contributed by atoms with E-state index in [4.69, 9.17) is 4.42 Å². The summed E-state index contributed by atoms with van der Waals surface area (Å²) < 4.78 is 18.7. The Balaban J connectivity index is 1.92. The van der Waals surface area contributed by atoms with Gasteiger partial charge in [0.05, 0.1) is 6.20 Å². The Kier molecular flexibility index (Phi) is 4.68. The first kappa shape index (κ1) is 13.7.